The van der Waals surface area contributed by atoms with Crippen LogP contribution >= 0.6 is 0 Å². The molecule has 0 spiro atoms. The zero-order valence-corrected chi connectivity index (χ0v) is 41.1. The van der Waals surface area contributed by atoms with Crippen LogP contribution in [0, 0.1) is 0 Å². The zero-order chi connectivity index (χ0) is 47.5. The lowest BCUT2D eigenvalue weighted by atomic mass is 9.99. The molecule has 0 bridgehead atoms. The summed E-state index contributed by atoms with van der Waals surface area (Å²) in [5, 5.41) is 30.7. The molecular weight excluding hydrogens is 849 g/mol. The molecule has 1 fully saturated rings. The van der Waals surface area contributed by atoms with Crippen LogP contribution in [0.3, 0.4) is 0 Å². The number of rotatable bonds is 43. The minimum atomic E-state index is -5.07. The van der Waals surface area contributed by atoms with Crippen LogP contribution in [-0.2, 0) is 38.3 Å². The molecule has 1 heterocycles. The van der Waals surface area contributed by atoms with Crippen molar-refractivity contribution < 1.29 is 56.2 Å². The first-order valence-electron chi connectivity index (χ1n) is 25.2. The number of carbonyl (C=O) groups excluding carboxylic acids is 1. The Labute approximate surface area is 394 Å². The van der Waals surface area contributed by atoms with E-state index in [1.54, 1.807) is 0 Å². The third kappa shape index (κ3) is 36.3. The van der Waals surface area contributed by atoms with Gasteiger partial charge in [-0.1, -0.05) is 189 Å². The van der Waals surface area contributed by atoms with E-state index in [-0.39, 0.29) is 19.6 Å². The molecule has 376 valence electrons. The second kappa shape index (κ2) is 42.9. The van der Waals surface area contributed by atoms with Gasteiger partial charge in [0, 0.05) is 13.0 Å². The minimum absolute atomic E-state index is 0.0116. The second-order valence-electron chi connectivity index (χ2n) is 17.0. The summed E-state index contributed by atoms with van der Waals surface area (Å²) in [6.07, 6.45) is 46.5. The highest BCUT2D eigenvalue weighted by molar-refractivity contribution is 7.80. The number of hydrogen-bond acceptors (Lipinski definition) is 11. The number of hydrogen-bond donors (Lipinski definition) is 4. The Morgan fingerprint density at radius 2 is 1.06 bits per heavy atom. The molecule has 6 unspecified atom stereocenters. The third-order valence-corrected chi connectivity index (χ3v) is 11.6. The van der Waals surface area contributed by atoms with E-state index in [2.05, 4.69) is 90.9 Å². The summed E-state index contributed by atoms with van der Waals surface area (Å²) in [5.41, 5.74) is 0. The van der Waals surface area contributed by atoms with Gasteiger partial charge in [-0.2, -0.15) is 8.42 Å². The number of esters is 1. The van der Waals surface area contributed by atoms with Crippen LogP contribution in [0.4, 0.5) is 0 Å². The van der Waals surface area contributed by atoms with Crippen molar-refractivity contribution in [2.24, 2.45) is 0 Å². The van der Waals surface area contributed by atoms with Crippen LogP contribution in [0.2, 0.25) is 0 Å². The third-order valence-electron chi connectivity index (χ3n) is 11.1. The molecule has 1 aliphatic heterocycles. The molecule has 0 amide bonds. The summed E-state index contributed by atoms with van der Waals surface area (Å²) in [5.74, 6) is -0.412. The van der Waals surface area contributed by atoms with Gasteiger partial charge in [0.15, 0.2) is 6.29 Å². The van der Waals surface area contributed by atoms with E-state index in [1.165, 1.54) is 77.0 Å². The van der Waals surface area contributed by atoms with Gasteiger partial charge in [0.1, 0.15) is 30.5 Å². The lowest BCUT2D eigenvalue weighted by Gasteiger charge is -2.41. The predicted molar refractivity (Wildman–Crippen MR) is 262 cm³/mol. The van der Waals surface area contributed by atoms with Crippen molar-refractivity contribution in [1.82, 2.24) is 0 Å². The van der Waals surface area contributed by atoms with Crippen LogP contribution in [0.15, 0.2) is 72.9 Å². The fraction of sp³-hybridized carbons (Fsp3) is 0.750. The summed E-state index contributed by atoms with van der Waals surface area (Å²) in [7, 11) is -5.07. The smallest absolute Gasteiger partial charge is 0.397 e. The highest BCUT2D eigenvalue weighted by atomic mass is 32.3. The number of carbonyl (C=O) groups is 1. The maximum absolute atomic E-state index is 12.9. The largest absolute Gasteiger partial charge is 0.457 e. The van der Waals surface area contributed by atoms with E-state index < -0.39 is 59.8 Å². The summed E-state index contributed by atoms with van der Waals surface area (Å²) < 4.78 is 59.2. The van der Waals surface area contributed by atoms with Gasteiger partial charge in [0.25, 0.3) is 0 Å². The summed E-state index contributed by atoms with van der Waals surface area (Å²) in [4.78, 5) is 12.9. The molecular formula is C52H90O12S. The van der Waals surface area contributed by atoms with Gasteiger partial charge < -0.3 is 34.3 Å². The fourth-order valence-electron chi connectivity index (χ4n) is 7.32. The Morgan fingerprint density at radius 3 is 1.54 bits per heavy atom. The highest BCUT2D eigenvalue weighted by Crippen LogP contribution is 2.26. The first-order valence-corrected chi connectivity index (χ1v) is 26.6. The first-order chi connectivity index (χ1) is 31.6. The number of aliphatic hydroxyl groups is 3. The van der Waals surface area contributed by atoms with E-state index in [0.717, 1.165) is 83.5 Å². The molecule has 0 radical (unpaired) electrons. The molecule has 0 aromatic carbocycles. The molecule has 0 aliphatic carbocycles. The van der Waals surface area contributed by atoms with Crippen molar-refractivity contribution in [2.75, 3.05) is 26.4 Å². The molecule has 6 atom stereocenters. The van der Waals surface area contributed by atoms with Crippen LogP contribution in [0.25, 0.3) is 0 Å². The number of aliphatic hydroxyl groups excluding tert-OH is 3. The van der Waals surface area contributed by atoms with Gasteiger partial charge in [-0.15, -0.1) is 0 Å². The average molecular weight is 939 g/mol. The van der Waals surface area contributed by atoms with E-state index in [9.17, 15) is 33.1 Å². The number of unbranched alkanes of at least 4 members (excludes halogenated alkanes) is 18. The van der Waals surface area contributed by atoms with Crippen molar-refractivity contribution >= 4 is 16.4 Å². The molecule has 0 saturated carbocycles. The molecule has 13 heteroatoms. The van der Waals surface area contributed by atoms with Crippen LogP contribution < -0.4 is 0 Å². The molecule has 1 aliphatic rings. The highest BCUT2D eigenvalue weighted by Gasteiger charge is 2.48. The molecule has 65 heavy (non-hydrogen) atoms. The standard InChI is InChI=1S/C52H90O12S/c1-3-5-7-9-11-13-15-17-19-21-22-23-24-25-26-28-30-32-34-36-38-40-42-60-44-46(45-61-52-50(56)51(64-65(57,58)59)49(55)47(43-53)63-52)62-48(54)41-39-37-35-33-31-29-27-20-18-16-14-12-10-8-6-4-2/h5,7,11,13,17,19,22-23,25-26,30,32,46-47,49-53,55-56H,3-4,6,8-10,12,14-16,18,20-21,24,27-29,31,33-45H2,1-2H3,(H,57,58,59)/b7-5-,13-11-,19-17-,23-22-,26-25-,32-30-. The van der Waals surface area contributed by atoms with Crippen LogP contribution in [0.1, 0.15) is 187 Å². The zero-order valence-electron chi connectivity index (χ0n) is 40.3. The first kappa shape index (κ1) is 60.6. The number of allylic oxidation sites excluding steroid dienone is 12. The van der Waals surface area contributed by atoms with E-state index >= 15 is 0 Å². The predicted octanol–water partition coefficient (Wildman–Crippen LogP) is 11.5. The van der Waals surface area contributed by atoms with E-state index in [4.69, 9.17) is 18.9 Å². The Hall–Kier alpha value is -2.46. The second-order valence-corrected chi connectivity index (χ2v) is 18.1. The summed E-state index contributed by atoms with van der Waals surface area (Å²) in [6.45, 7) is 3.80. The minimum Gasteiger partial charge on any atom is -0.457 e. The van der Waals surface area contributed by atoms with E-state index in [0.29, 0.717) is 13.0 Å². The number of ether oxygens (including phenoxy) is 4. The van der Waals surface area contributed by atoms with Gasteiger partial charge in [0.2, 0.25) is 0 Å². The quantitative estimate of drug-likeness (QED) is 0.0197. The van der Waals surface area contributed by atoms with Gasteiger partial charge in [-0.3, -0.25) is 9.35 Å². The average Bonchev–Trinajstić information content (AvgIpc) is 3.28. The Bertz CT molecular complexity index is 1410. The summed E-state index contributed by atoms with van der Waals surface area (Å²) >= 11 is 0. The van der Waals surface area contributed by atoms with Crippen molar-refractivity contribution in [3.8, 4) is 0 Å². The fourth-order valence-corrected chi connectivity index (χ4v) is 7.83. The van der Waals surface area contributed by atoms with Gasteiger partial charge in [-0.25, -0.2) is 4.18 Å². The maximum atomic E-state index is 12.9. The lowest BCUT2D eigenvalue weighted by molar-refractivity contribution is -0.301. The van der Waals surface area contributed by atoms with Crippen LogP contribution in [-0.4, -0.2) is 97.5 Å². The van der Waals surface area contributed by atoms with Gasteiger partial charge in [-0.05, 0) is 64.2 Å². The molecule has 1 rings (SSSR count). The topological polar surface area (TPSA) is 178 Å². The van der Waals surface area contributed by atoms with Crippen LogP contribution in [0.5, 0.6) is 0 Å². The van der Waals surface area contributed by atoms with Gasteiger partial charge >= 0.3 is 16.4 Å². The Balaban J connectivity index is 2.41. The van der Waals surface area contributed by atoms with Crippen molar-refractivity contribution in [3.63, 3.8) is 0 Å². The maximum Gasteiger partial charge on any atom is 0.397 e. The van der Waals surface area contributed by atoms with Crippen molar-refractivity contribution in [1.29, 1.82) is 0 Å². The molecule has 0 aromatic rings. The van der Waals surface area contributed by atoms with Crippen molar-refractivity contribution in [2.45, 2.75) is 224 Å². The lowest BCUT2D eigenvalue weighted by Crippen LogP contribution is -2.60. The molecule has 0 aromatic heterocycles. The molecule has 12 nitrogen and oxygen atoms in total. The molecule has 1 saturated heterocycles. The molecule has 4 N–H and O–H groups in total. The Morgan fingerprint density at radius 1 is 0.600 bits per heavy atom. The summed E-state index contributed by atoms with van der Waals surface area (Å²) in [6, 6.07) is 0. The normalized spacial score (nSPS) is 20.2. The van der Waals surface area contributed by atoms with Gasteiger partial charge in [0.05, 0.1) is 19.8 Å². The van der Waals surface area contributed by atoms with Crippen molar-refractivity contribution in [3.05, 3.63) is 72.9 Å². The van der Waals surface area contributed by atoms with E-state index in [1.807, 2.05) is 0 Å². The Kier molecular flexibility index (Phi) is 39.9. The SMILES string of the molecule is CC/C=C\C/C=C\C/C=C\C/C=C\C/C=C\C/C=C\CCCCCOCC(COC1OC(CO)C(O)C(OS(=O)(=O)O)C1O)OC(=O)CCCCCCCCCCCCCCCCCC. The monoisotopic (exact) mass is 939 g/mol.